The Bertz CT molecular complexity index is 613. The fourth-order valence-electron chi connectivity index (χ4n) is 1.75. The van der Waals surface area contributed by atoms with Gasteiger partial charge in [-0.05, 0) is 37.5 Å². The summed E-state index contributed by atoms with van der Waals surface area (Å²) in [4.78, 5) is 10.4. The predicted molar refractivity (Wildman–Crippen MR) is 76.6 cm³/mol. The van der Waals surface area contributed by atoms with E-state index in [4.69, 9.17) is 28.3 Å². The van der Waals surface area contributed by atoms with E-state index >= 15 is 0 Å². The third-order valence-corrected chi connectivity index (χ3v) is 3.52. The van der Waals surface area contributed by atoms with Gasteiger partial charge in [0.25, 0.3) is 0 Å². The molecule has 0 aliphatic heterocycles. The van der Waals surface area contributed by atoms with Crippen LogP contribution in [0.2, 0.25) is 10.0 Å². The average Bonchev–Trinajstić information content (AvgIpc) is 2.86. The number of aliphatic carboxylic acids is 1. The van der Waals surface area contributed by atoms with Crippen LogP contribution in [0, 0.1) is 0 Å². The van der Waals surface area contributed by atoms with E-state index in [-0.39, 0.29) is 6.42 Å². The smallest absolute Gasteiger partial charge is 0.303 e. The van der Waals surface area contributed by atoms with Crippen LogP contribution in [0.3, 0.4) is 0 Å². The van der Waals surface area contributed by atoms with Crippen molar-refractivity contribution in [1.29, 1.82) is 0 Å². The molecule has 0 unspecified atom stereocenters. The first-order valence-electron chi connectivity index (χ1n) is 6.14. The second-order valence-electron chi connectivity index (χ2n) is 4.35. The minimum absolute atomic E-state index is 0.181. The quantitative estimate of drug-likeness (QED) is 0.830. The van der Waals surface area contributed by atoms with Crippen LogP contribution in [0.15, 0.2) is 24.4 Å². The fourth-order valence-corrected chi connectivity index (χ4v) is 2.04. The van der Waals surface area contributed by atoms with Crippen molar-refractivity contribution in [2.45, 2.75) is 25.7 Å². The molecule has 0 saturated carbocycles. The molecule has 0 saturated heterocycles. The summed E-state index contributed by atoms with van der Waals surface area (Å²) in [5.41, 5.74) is 1.60. The number of carbonyl (C=O) groups is 1. The standard InChI is InChI=1S/C13H13Cl2N3O2/c14-11-6-5-10(7-12(11)15)18-8-9(16-17-18)3-1-2-4-13(19)20/h5-8H,1-4H2,(H,19,20). The largest absolute Gasteiger partial charge is 0.481 e. The molecule has 106 valence electrons. The number of carboxylic acid groups (broad SMARTS) is 1. The number of unbranched alkanes of at least 4 members (excludes halogenated alkanes) is 1. The topological polar surface area (TPSA) is 68.0 Å². The van der Waals surface area contributed by atoms with Gasteiger partial charge in [0.1, 0.15) is 0 Å². The number of nitrogens with zero attached hydrogens (tertiary/aromatic N) is 3. The van der Waals surface area contributed by atoms with Gasteiger partial charge in [-0.1, -0.05) is 28.4 Å². The molecule has 0 aliphatic carbocycles. The zero-order valence-electron chi connectivity index (χ0n) is 10.6. The number of benzene rings is 1. The maximum absolute atomic E-state index is 10.4. The molecule has 0 aliphatic rings. The molecule has 2 rings (SSSR count). The second kappa shape index (κ2) is 6.72. The van der Waals surface area contributed by atoms with E-state index in [0.29, 0.717) is 22.9 Å². The van der Waals surface area contributed by atoms with Gasteiger partial charge in [-0.3, -0.25) is 4.79 Å². The molecule has 0 atom stereocenters. The number of carboxylic acids is 1. The van der Waals surface area contributed by atoms with Gasteiger partial charge in [0.2, 0.25) is 0 Å². The highest BCUT2D eigenvalue weighted by Gasteiger charge is 2.06. The summed E-state index contributed by atoms with van der Waals surface area (Å²) >= 11 is 11.8. The van der Waals surface area contributed by atoms with Crippen molar-refractivity contribution in [3.63, 3.8) is 0 Å². The summed E-state index contributed by atoms with van der Waals surface area (Å²) < 4.78 is 1.62. The Labute approximate surface area is 126 Å². The third-order valence-electron chi connectivity index (χ3n) is 2.78. The van der Waals surface area contributed by atoms with Gasteiger partial charge in [0, 0.05) is 6.42 Å². The Morgan fingerprint density at radius 2 is 2.05 bits per heavy atom. The van der Waals surface area contributed by atoms with Gasteiger partial charge in [-0.25, -0.2) is 4.68 Å². The third kappa shape index (κ3) is 3.95. The number of aryl methyl sites for hydroxylation is 1. The Kier molecular flexibility index (Phi) is 4.98. The molecule has 1 aromatic heterocycles. The number of rotatable bonds is 6. The van der Waals surface area contributed by atoms with Crippen molar-refractivity contribution in [3.8, 4) is 5.69 Å². The van der Waals surface area contributed by atoms with Gasteiger partial charge < -0.3 is 5.11 Å². The first kappa shape index (κ1) is 14.8. The molecule has 1 aromatic carbocycles. The van der Waals surface area contributed by atoms with Crippen molar-refractivity contribution < 1.29 is 9.90 Å². The summed E-state index contributed by atoms with van der Waals surface area (Å²) in [5.74, 6) is -0.774. The highest BCUT2D eigenvalue weighted by atomic mass is 35.5. The number of aromatic nitrogens is 3. The van der Waals surface area contributed by atoms with Crippen LogP contribution in [0.25, 0.3) is 5.69 Å². The molecule has 0 bridgehead atoms. The molecule has 7 heteroatoms. The summed E-state index contributed by atoms with van der Waals surface area (Å²) in [7, 11) is 0. The van der Waals surface area contributed by atoms with E-state index in [2.05, 4.69) is 10.3 Å². The lowest BCUT2D eigenvalue weighted by molar-refractivity contribution is -0.137. The molecular weight excluding hydrogens is 301 g/mol. The van der Waals surface area contributed by atoms with E-state index in [9.17, 15) is 4.79 Å². The first-order chi connectivity index (χ1) is 9.56. The molecule has 5 nitrogen and oxygen atoms in total. The van der Waals surface area contributed by atoms with Gasteiger partial charge in [0.05, 0.1) is 27.6 Å². The first-order valence-corrected chi connectivity index (χ1v) is 6.90. The molecule has 0 radical (unpaired) electrons. The molecule has 20 heavy (non-hydrogen) atoms. The van der Waals surface area contributed by atoms with Crippen LogP contribution >= 0.6 is 23.2 Å². The van der Waals surface area contributed by atoms with E-state index in [1.807, 2.05) is 0 Å². The van der Waals surface area contributed by atoms with Crippen LogP contribution in [0.5, 0.6) is 0 Å². The average molecular weight is 314 g/mol. The SMILES string of the molecule is O=C(O)CCCCc1cn(-c2ccc(Cl)c(Cl)c2)nn1. The van der Waals surface area contributed by atoms with Crippen LogP contribution < -0.4 is 0 Å². The van der Waals surface area contributed by atoms with Crippen LogP contribution in [0.1, 0.15) is 25.0 Å². The summed E-state index contributed by atoms with van der Waals surface area (Å²) in [6, 6.07) is 5.22. The monoisotopic (exact) mass is 313 g/mol. The molecule has 0 spiro atoms. The van der Waals surface area contributed by atoms with Crippen LogP contribution in [-0.2, 0) is 11.2 Å². The molecule has 0 fully saturated rings. The van der Waals surface area contributed by atoms with Gasteiger partial charge in [-0.15, -0.1) is 5.10 Å². The van der Waals surface area contributed by atoms with E-state index < -0.39 is 5.97 Å². The lowest BCUT2D eigenvalue weighted by Gasteiger charge is -2.01. The summed E-state index contributed by atoms with van der Waals surface area (Å²) in [6.45, 7) is 0. The molecule has 0 amide bonds. The van der Waals surface area contributed by atoms with Gasteiger partial charge >= 0.3 is 5.97 Å². The highest BCUT2D eigenvalue weighted by Crippen LogP contribution is 2.24. The molecule has 1 N–H and O–H groups in total. The van der Waals surface area contributed by atoms with Crippen molar-refractivity contribution >= 4 is 29.2 Å². The molecular formula is C13H13Cl2N3O2. The predicted octanol–water partition coefficient (Wildman–Crippen LogP) is 3.37. The van der Waals surface area contributed by atoms with E-state index in [0.717, 1.165) is 17.8 Å². The highest BCUT2D eigenvalue weighted by molar-refractivity contribution is 6.42. The summed E-state index contributed by atoms with van der Waals surface area (Å²) in [6.07, 6.45) is 4.09. The second-order valence-corrected chi connectivity index (χ2v) is 5.17. The Hall–Kier alpha value is -1.59. The zero-order valence-corrected chi connectivity index (χ0v) is 12.1. The van der Waals surface area contributed by atoms with Crippen LogP contribution in [0.4, 0.5) is 0 Å². The molecule has 1 heterocycles. The maximum atomic E-state index is 10.4. The van der Waals surface area contributed by atoms with E-state index in [1.54, 1.807) is 29.1 Å². The molecule has 2 aromatic rings. The van der Waals surface area contributed by atoms with Crippen molar-refractivity contribution in [2.24, 2.45) is 0 Å². The Morgan fingerprint density at radius 1 is 1.25 bits per heavy atom. The normalized spacial score (nSPS) is 10.7. The van der Waals surface area contributed by atoms with Crippen molar-refractivity contribution in [1.82, 2.24) is 15.0 Å². The minimum Gasteiger partial charge on any atom is -0.481 e. The van der Waals surface area contributed by atoms with Crippen LogP contribution in [-0.4, -0.2) is 26.1 Å². The lowest BCUT2D eigenvalue weighted by Crippen LogP contribution is -1.95. The maximum Gasteiger partial charge on any atom is 0.303 e. The van der Waals surface area contributed by atoms with Crippen molar-refractivity contribution in [3.05, 3.63) is 40.1 Å². The van der Waals surface area contributed by atoms with E-state index in [1.165, 1.54) is 0 Å². The van der Waals surface area contributed by atoms with Gasteiger partial charge in [-0.2, -0.15) is 0 Å². The number of halogens is 2. The fraction of sp³-hybridized carbons (Fsp3) is 0.308. The lowest BCUT2D eigenvalue weighted by atomic mass is 10.1. The Balaban J connectivity index is 1.97. The number of hydrogen-bond acceptors (Lipinski definition) is 3. The zero-order chi connectivity index (χ0) is 14.5. The number of hydrogen-bond donors (Lipinski definition) is 1. The van der Waals surface area contributed by atoms with Gasteiger partial charge in [0.15, 0.2) is 0 Å². The summed E-state index contributed by atoms with van der Waals surface area (Å²) in [5, 5.41) is 17.6. The minimum atomic E-state index is -0.774. The Morgan fingerprint density at radius 3 is 2.75 bits per heavy atom. The van der Waals surface area contributed by atoms with Crippen molar-refractivity contribution in [2.75, 3.05) is 0 Å².